The summed E-state index contributed by atoms with van der Waals surface area (Å²) < 4.78 is 1.31. The van der Waals surface area contributed by atoms with Gasteiger partial charge in [-0.2, -0.15) is 0 Å². The van der Waals surface area contributed by atoms with E-state index in [0.717, 1.165) is 61.6 Å². The van der Waals surface area contributed by atoms with Crippen LogP contribution in [0.25, 0.3) is 43.2 Å². The maximum Gasteiger partial charge on any atom is 0.164 e. The maximum absolute atomic E-state index is 12.2. The minimum Gasteiger partial charge on any atom is -0.512 e. The SMILES string of the molecule is CC(C)Cc1nccc2c1CCc1sc3ccnc(-c4[c-]c5ccccc5c(C(C)(C)C)c4)c3c1-2.CCC(C)(CC)C(=O)/C=C(\O)C(C)(CC)CC.[Ir]. The number of aromatic nitrogens is 2. The molecule has 1 N–H and O–H groups in total. The first-order chi connectivity index (χ1) is 24.6. The Balaban J connectivity index is 0.000000299. The zero-order chi connectivity index (χ0) is 38.0. The second-order valence-electron chi connectivity index (χ2n) is 16.6. The van der Waals surface area contributed by atoms with E-state index in [0.29, 0.717) is 5.92 Å². The quantitative estimate of drug-likeness (QED) is 0.0861. The summed E-state index contributed by atoms with van der Waals surface area (Å²) in [5, 5.41) is 13.8. The molecule has 6 rings (SSSR count). The summed E-state index contributed by atoms with van der Waals surface area (Å²) in [6.07, 6.45) is 11.9. The molecule has 3 aromatic heterocycles. The number of carbonyl (C=O) groups excluding carboxylic acids is 1. The molecule has 0 amide bonds. The van der Waals surface area contributed by atoms with Crippen LogP contribution in [0.15, 0.2) is 66.7 Å². The number of rotatable bonds is 10. The predicted octanol–water partition coefficient (Wildman–Crippen LogP) is 13.2. The smallest absolute Gasteiger partial charge is 0.164 e. The molecule has 0 saturated heterocycles. The molecule has 1 aliphatic carbocycles. The number of fused-ring (bicyclic) bond motifs is 6. The van der Waals surface area contributed by atoms with Gasteiger partial charge in [0.1, 0.15) is 5.76 Å². The fourth-order valence-electron chi connectivity index (χ4n) is 7.27. The fraction of sp³-hybridized carbons (Fsp3) is 0.468. The van der Waals surface area contributed by atoms with Gasteiger partial charge in [0.15, 0.2) is 5.78 Å². The molecule has 0 aliphatic heterocycles. The number of ketones is 1. The monoisotopic (exact) mass is 908 g/mol. The van der Waals surface area contributed by atoms with Gasteiger partial charge >= 0.3 is 0 Å². The fourth-order valence-corrected chi connectivity index (χ4v) is 8.48. The zero-order valence-electron chi connectivity index (χ0n) is 33.8. The van der Waals surface area contributed by atoms with Crippen LogP contribution in [0.3, 0.4) is 0 Å². The molecule has 285 valence electrons. The molecular weight excluding hydrogens is 849 g/mol. The Morgan fingerprint density at radius 3 is 2.17 bits per heavy atom. The number of aliphatic hydroxyl groups excluding tert-OH is 1. The molecule has 0 spiro atoms. The van der Waals surface area contributed by atoms with Gasteiger partial charge in [-0.1, -0.05) is 105 Å². The van der Waals surface area contributed by atoms with Crippen molar-refractivity contribution in [3.05, 3.63) is 94.5 Å². The van der Waals surface area contributed by atoms with E-state index < -0.39 is 0 Å². The van der Waals surface area contributed by atoms with Crippen LogP contribution >= 0.6 is 11.3 Å². The maximum atomic E-state index is 12.2. The second kappa shape index (κ2) is 17.1. The Kier molecular flexibility index (Phi) is 13.7. The van der Waals surface area contributed by atoms with E-state index in [1.165, 1.54) is 54.4 Å². The number of allylic oxidation sites excluding steroid dienone is 2. The van der Waals surface area contributed by atoms with Gasteiger partial charge in [0, 0.05) is 70.4 Å². The summed E-state index contributed by atoms with van der Waals surface area (Å²) in [7, 11) is 0. The summed E-state index contributed by atoms with van der Waals surface area (Å²) in [6, 6.07) is 19.1. The van der Waals surface area contributed by atoms with E-state index in [2.05, 4.69) is 83.1 Å². The number of aliphatic hydroxyl groups is 1. The molecule has 0 saturated carbocycles. The van der Waals surface area contributed by atoms with Crippen LogP contribution in [-0.4, -0.2) is 20.9 Å². The summed E-state index contributed by atoms with van der Waals surface area (Å²) in [5.41, 5.74) is 8.32. The molecule has 0 unspecified atom stereocenters. The normalized spacial score (nSPS) is 13.3. The number of carbonyl (C=O) groups is 1. The molecule has 6 heteroatoms. The van der Waals surface area contributed by atoms with Crippen LogP contribution in [0.5, 0.6) is 0 Å². The third-order valence-electron chi connectivity index (χ3n) is 11.7. The second-order valence-corrected chi connectivity index (χ2v) is 17.8. The summed E-state index contributed by atoms with van der Waals surface area (Å²) >= 11 is 1.93. The Morgan fingerprint density at radius 1 is 0.906 bits per heavy atom. The van der Waals surface area contributed by atoms with Crippen molar-refractivity contribution in [1.29, 1.82) is 0 Å². The minimum absolute atomic E-state index is 0. The van der Waals surface area contributed by atoms with Crippen LogP contribution in [0.1, 0.15) is 124 Å². The van der Waals surface area contributed by atoms with E-state index in [1.807, 2.05) is 65.3 Å². The van der Waals surface area contributed by atoms with Gasteiger partial charge in [-0.25, -0.2) is 0 Å². The Labute approximate surface area is 336 Å². The number of benzene rings is 2. The third-order valence-corrected chi connectivity index (χ3v) is 12.9. The van der Waals surface area contributed by atoms with Crippen molar-refractivity contribution >= 4 is 38.0 Å². The van der Waals surface area contributed by atoms with E-state index in [9.17, 15) is 9.90 Å². The molecule has 1 radical (unpaired) electrons. The number of aryl methyl sites for hydroxylation is 1. The first kappa shape index (κ1) is 42.6. The number of nitrogens with zero attached hydrogens (tertiary/aromatic N) is 2. The molecule has 3 heterocycles. The molecule has 0 atom stereocenters. The Morgan fingerprint density at radius 2 is 1.55 bits per heavy atom. The van der Waals surface area contributed by atoms with Crippen molar-refractivity contribution in [2.75, 3.05) is 0 Å². The molecule has 2 aromatic carbocycles. The number of hydrogen-bond donors (Lipinski definition) is 1. The standard InChI is InChI=1S/C32H31N2S.C15H28O2.Ir/c1-19(2)16-26-23-10-11-27-29(24(23)12-14-33-26)30-28(35-27)13-15-34-31(30)21-17-20-8-6-7-9-22(20)25(18-21)32(3,4)5;1-7-14(5,8-2)12(16)11-13(17)15(6,9-3)10-4;/h6-9,12-15,18-19H,10-11,16H2,1-5H3;11,16H,7-10H2,1-6H3;/q-1;;/b;12-11-;. The molecule has 5 aromatic rings. The van der Waals surface area contributed by atoms with Crippen LogP contribution < -0.4 is 0 Å². The largest absolute Gasteiger partial charge is 0.512 e. The topological polar surface area (TPSA) is 63.1 Å². The summed E-state index contributed by atoms with van der Waals surface area (Å²) in [5.74, 6) is 0.878. The average Bonchev–Trinajstić information content (AvgIpc) is 3.53. The van der Waals surface area contributed by atoms with E-state index >= 15 is 0 Å². The first-order valence-corrected chi connectivity index (χ1v) is 20.2. The van der Waals surface area contributed by atoms with Crippen LogP contribution in [0.2, 0.25) is 0 Å². The van der Waals surface area contributed by atoms with Gasteiger partial charge in [-0.05, 0) is 90.5 Å². The van der Waals surface area contributed by atoms with E-state index in [-0.39, 0.29) is 47.9 Å². The molecular formula is C47H59IrN2O2S-. The summed E-state index contributed by atoms with van der Waals surface area (Å²) in [6.45, 7) is 23.5. The third kappa shape index (κ3) is 8.71. The molecule has 0 fully saturated rings. The van der Waals surface area contributed by atoms with Gasteiger partial charge in [0.2, 0.25) is 0 Å². The molecule has 0 bridgehead atoms. The minimum atomic E-state index is -0.337. The van der Waals surface area contributed by atoms with Crippen LogP contribution in [0.4, 0.5) is 0 Å². The van der Waals surface area contributed by atoms with Crippen molar-refractivity contribution in [1.82, 2.24) is 9.97 Å². The number of thiophene rings is 1. The van der Waals surface area contributed by atoms with E-state index in [4.69, 9.17) is 9.97 Å². The number of pyridine rings is 2. The number of hydrogen-bond acceptors (Lipinski definition) is 5. The van der Waals surface area contributed by atoms with Gasteiger partial charge < -0.3 is 5.11 Å². The molecule has 4 nitrogen and oxygen atoms in total. The average molecular weight is 908 g/mol. The van der Waals surface area contributed by atoms with Crippen molar-refractivity contribution in [2.45, 2.75) is 127 Å². The molecule has 53 heavy (non-hydrogen) atoms. The molecule has 1 aliphatic rings. The van der Waals surface area contributed by atoms with Gasteiger partial charge in [-0.3, -0.25) is 14.8 Å². The zero-order valence-corrected chi connectivity index (χ0v) is 37.0. The van der Waals surface area contributed by atoms with Crippen molar-refractivity contribution in [3.63, 3.8) is 0 Å². The first-order valence-electron chi connectivity index (χ1n) is 19.4. The Hall–Kier alpha value is -3.18. The summed E-state index contributed by atoms with van der Waals surface area (Å²) in [4.78, 5) is 23.4. The predicted molar refractivity (Wildman–Crippen MR) is 222 cm³/mol. The van der Waals surface area contributed by atoms with Crippen LogP contribution in [0, 0.1) is 22.8 Å². The van der Waals surface area contributed by atoms with Crippen molar-refractivity contribution in [2.24, 2.45) is 16.7 Å². The van der Waals surface area contributed by atoms with E-state index in [1.54, 1.807) is 0 Å². The van der Waals surface area contributed by atoms with Gasteiger partial charge in [0.05, 0.1) is 0 Å². The Bertz CT molecular complexity index is 2090. The van der Waals surface area contributed by atoms with Crippen molar-refractivity contribution in [3.8, 4) is 22.4 Å². The van der Waals surface area contributed by atoms with Gasteiger partial charge in [-0.15, -0.1) is 40.5 Å². The van der Waals surface area contributed by atoms with Crippen molar-refractivity contribution < 1.29 is 30.0 Å². The van der Waals surface area contributed by atoms with Gasteiger partial charge in [0.25, 0.3) is 0 Å². The van der Waals surface area contributed by atoms with Crippen LogP contribution in [-0.2, 0) is 49.6 Å².